The molecule has 2 aromatic heterocycles. The Morgan fingerprint density at radius 3 is 2.16 bits per heavy atom. The molecule has 1 aliphatic heterocycles. The molecule has 4 aromatic rings. The van der Waals surface area contributed by atoms with Crippen molar-refractivity contribution in [3.63, 3.8) is 0 Å². The minimum Gasteiger partial charge on any atom is -0.453 e. The fourth-order valence-corrected chi connectivity index (χ4v) is 7.84. The molecule has 5 N–H and O–H groups in total. The summed E-state index contributed by atoms with van der Waals surface area (Å²) in [5, 5.41) is 22.6. The maximum absolute atomic E-state index is 13.3. The summed E-state index contributed by atoms with van der Waals surface area (Å²) >= 11 is 0. The third kappa shape index (κ3) is 9.78. The lowest BCUT2D eigenvalue weighted by Crippen LogP contribution is -2.58. The Morgan fingerprint density at radius 2 is 1.55 bits per heavy atom. The van der Waals surface area contributed by atoms with Crippen molar-refractivity contribution < 1.29 is 29.0 Å². The van der Waals surface area contributed by atoms with Crippen molar-refractivity contribution in [3.05, 3.63) is 60.8 Å². The van der Waals surface area contributed by atoms with Crippen molar-refractivity contribution in [2.45, 2.75) is 96.2 Å². The molecule has 2 aromatic carbocycles. The first-order valence-corrected chi connectivity index (χ1v) is 20.5. The number of imidazole rings is 1. The summed E-state index contributed by atoms with van der Waals surface area (Å²) in [4.78, 5) is 58.5. The predicted octanol–water partition coefficient (Wildman–Crippen LogP) is 5.68. The van der Waals surface area contributed by atoms with Crippen LogP contribution in [-0.4, -0.2) is 122 Å². The van der Waals surface area contributed by atoms with Crippen molar-refractivity contribution in [1.82, 2.24) is 40.4 Å². The Bertz CT molecular complexity index is 2030. The second-order valence-corrected chi connectivity index (χ2v) is 16.5. The lowest BCUT2D eigenvalue weighted by molar-refractivity contribution is -0.135. The van der Waals surface area contributed by atoms with E-state index in [0.717, 1.165) is 51.8 Å². The van der Waals surface area contributed by atoms with E-state index in [-0.39, 0.29) is 29.3 Å². The zero-order chi connectivity index (χ0) is 42.3. The number of ether oxygens (including phenoxy) is 2. The molecule has 0 bridgehead atoms. The number of rotatable bonds is 16. The maximum Gasteiger partial charge on any atom is 0.407 e. The SMILES string of the molecule is CCC(CNc1ncc(-c2ccc3cc(-c4cnc(C5(C)CCCN5C(O)C(NC(=O)OC)C([Si])C(C)C)[nH]4)ccc3c2)cn1)N(C)C(=O)C(NC(=O)OC)C(C)C. The Balaban J connectivity index is 1.26. The number of hydrogen-bond acceptors (Lipinski definition) is 11. The monoisotopic (exact) mass is 812 g/mol. The number of anilines is 1. The van der Waals surface area contributed by atoms with Crippen molar-refractivity contribution in [2.75, 3.05) is 39.7 Å². The van der Waals surface area contributed by atoms with Gasteiger partial charge in [0.2, 0.25) is 11.9 Å². The van der Waals surface area contributed by atoms with Crippen LogP contribution in [0.15, 0.2) is 55.0 Å². The fourth-order valence-electron chi connectivity index (χ4n) is 7.58. The van der Waals surface area contributed by atoms with E-state index in [4.69, 9.17) is 14.5 Å². The molecule has 1 saturated heterocycles. The molecule has 15 nitrogen and oxygen atoms in total. The minimum absolute atomic E-state index is 0.118. The first-order valence-electron chi connectivity index (χ1n) is 19.9. The third-order valence-electron chi connectivity index (χ3n) is 11.4. The zero-order valence-electron chi connectivity index (χ0n) is 35.0. The van der Waals surface area contributed by atoms with Crippen LogP contribution < -0.4 is 16.0 Å². The van der Waals surface area contributed by atoms with Crippen LogP contribution in [-0.2, 0) is 19.8 Å². The van der Waals surface area contributed by atoms with Crippen LogP contribution in [0.25, 0.3) is 33.2 Å². The molecule has 16 heteroatoms. The average Bonchev–Trinajstić information content (AvgIpc) is 3.89. The number of benzene rings is 2. The molecule has 6 atom stereocenters. The van der Waals surface area contributed by atoms with Gasteiger partial charge < -0.3 is 40.4 Å². The predicted molar refractivity (Wildman–Crippen MR) is 225 cm³/mol. The molecule has 6 unspecified atom stereocenters. The molecule has 58 heavy (non-hydrogen) atoms. The highest BCUT2D eigenvalue weighted by Gasteiger charge is 2.47. The molecule has 0 saturated carbocycles. The number of nitrogens with zero attached hydrogens (tertiary/aromatic N) is 5. The van der Waals surface area contributed by atoms with Gasteiger partial charge in [-0.1, -0.05) is 58.9 Å². The Hall–Kier alpha value is -5.06. The van der Waals surface area contributed by atoms with Gasteiger partial charge in [0.05, 0.1) is 37.7 Å². The molecule has 3 heterocycles. The van der Waals surface area contributed by atoms with Crippen molar-refractivity contribution in [2.24, 2.45) is 11.8 Å². The highest BCUT2D eigenvalue weighted by molar-refractivity contribution is 6.12. The van der Waals surface area contributed by atoms with Crippen molar-refractivity contribution >= 4 is 45.1 Å². The van der Waals surface area contributed by atoms with Gasteiger partial charge in [-0.3, -0.25) is 9.69 Å². The van der Waals surface area contributed by atoms with Gasteiger partial charge in [0, 0.05) is 59.9 Å². The maximum atomic E-state index is 13.3. The summed E-state index contributed by atoms with van der Waals surface area (Å²) in [5.74, 6) is 1.02. The first kappa shape index (κ1) is 44.0. The number of methoxy groups -OCH3 is 2. The van der Waals surface area contributed by atoms with Gasteiger partial charge in [0.15, 0.2) is 0 Å². The summed E-state index contributed by atoms with van der Waals surface area (Å²) in [7, 11) is 8.09. The molecule has 0 spiro atoms. The number of likely N-dealkylation sites (N-methyl/N-ethyl adjacent to an activating group) is 1. The smallest absolute Gasteiger partial charge is 0.407 e. The third-order valence-corrected chi connectivity index (χ3v) is 12.4. The topological polar surface area (TPSA) is 187 Å². The lowest BCUT2D eigenvalue weighted by atomic mass is 9.95. The van der Waals surface area contributed by atoms with E-state index in [1.165, 1.54) is 14.2 Å². The van der Waals surface area contributed by atoms with Gasteiger partial charge in [0.25, 0.3) is 0 Å². The number of carbonyl (C=O) groups excluding carboxylic acids is 3. The van der Waals surface area contributed by atoms with E-state index in [9.17, 15) is 19.5 Å². The highest BCUT2D eigenvalue weighted by Crippen LogP contribution is 2.41. The van der Waals surface area contributed by atoms with Gasteiger partial charge in [-0.15, -0.1) is 0 Å². The number of fused-ring (bicyclic) bond motifs is 1. The van der Waals surface area contributed by atoms with Crippen LogP contribution in [0.3, 0.4) is 0 Å². The van der Waals surface area contributed by atoms with E-state index in [1.807, 2.05) is 51.8 Å². The molecule has 1 fully saturated rings. The van der Waals surface area contributed by atoms with Gasteiger partial charge in [-0.2, -0.15) is 0 Å². The second-order valence-electron chi connectivity index (χ2n) is 15.9. The molecular weight excluding hydrogens is 755 g/mol. The van der Waals surface area contributed by atoms with Crippen LogP contribution in [0.4, 0.5) is 15.5 Å². The number of nitrogens with one attached hydrogen (secondary N) is 4. The number of alkyl carbamates (subject to hydrolysis) is 2. The standard InChI is InChI=1S/C42H58N9O6Si/c1-10-31(50(7)36(52)33(24(2)3)48-40(54)56-8)22-46-39-44-20-30(21-45-39)28-13-12-27-19-29(15-14-26(27)18-28)32-23-43-38(47-32)42(6)16-11-17-51(42)37(53)34(35(58)25(4)5)49-41(55)57-9/h12-15,18-21,23-25,31,33-35,37,53H,10-11,16-17,22H2,1-9H3,(H,43,47)(H,48,54)(H,49,55)(H,44,45,46). The van der Waals surface area contributed by atoms with E-state index in [1.54, 1.807) is 24.3 Å². The fraction of sp³-hybridized carbons (Fsp3) is 0.524. The lowest BCUT2D eigenvalue weighted by Gasteiger charge is -2.42. The Morgan fingerprint density at radius 1 is 0.931 bits per heavy atom. The van der Waals surface area contributed by atoms with Crippen LogP contribution in [0, 0.1) is 11.8 Å². The number of aromatic amines is 1. The number of aromatic nitrogens is 4. The number of H-pyrrole nitrogens is 1. The summed E-state index contributed by atoms with van der Waals surface area (Å²) < 4.78 is 9.59. The summed E-state index contributed by atoms with van der Waals surface area (Å²) in [6.07, 6.45) is 5.50. The zero-order valence-corrected chi connectivity index (χ0v) is 36.0. The summed E-state index contributed by atoms with van der Waals surface area (Å²) in [6, 6.07) is 11.0. The Labute approximate surface area is 344 Å². The number of likely N-dealkylation sites (tertiary alicyclic amines) is 1. The largest absolute Gasteiger partial charge is 0.453 e. The Kier molecular flexibility index (Phi) is 14.5. The van der Waals surface area contributed by atoms with E-state index < -0.39 is 36.0 Å². The number of hydrogen-bond donors (Lipinski definition) is 5. The number of amides is 3. The molecule has 311 valence electrons. The van der Waals surface area contributed by atoms with Crippen molar-refractivity contribution in [1.29, 1.82) is 0 Å². The average molecular weight is 813 g/mol. The van der Waals surface area contributed by atoms with Crippen molar-refractivity contribution in [3.8, 4) is 22.4 Å². The van der Waals surface area contributed by atoms with Crippen LogP contribution in [0.1, 0.15) is 66.6 Å². The van der Waals surface area contributed by atoms with Crippen LogP contribution >= 0.6 is 0 Å². The quantitative estimate of drug-likeness (QED) is 0.0877. The number of aliphatic hydroxyl groups is 1. The highest BCUT2D eigenvalue weighted by atomic mass is 28.1. The first-order chi connectivity index (χ1) is 27.6. The molecule has 3 radical (unpaired) electrons. The molecule has 1 aliphatic rings. The van der Waals surface area contributed by atoms with Gasteiger partial charge in [-0.25, -0.2) is 24.5 Å². The number of carbonyl (C=O) groups is 3. The van der Waals surface area contributed by atoms with E-state index in [2.05, 4.69) is 78.4 Å². The van der Waals surface area contributed by atoms with E-state index in [0.29, 0.717) is 25.5 Å². The normalized spacial score (nSPS) is 18.4. The molecule has 5 rings (SSSR count). The molecule has 0 aliphatic carbocycles. The van der Waals surface area contributed by atoms with Gasteiger partial charge in [0.1, 0.15) is 18.1 Å². The van der Waals surface area contributed by atoms with E-state index >= 15 is 0 Å². The van der Waals surface area contributed by atoms with Crippen LogP contribution in [0.5, 0.6) is 0 Å². The number of aliphatic hydroxyl groups excluding tert-OH is 1. The molecular formula is C42H58N9O6Si. The van der Waals surface area contributed by atoms with Gasteiger partial charge >= 0.3 is 12.2 Å². The van der Waals surface area contributed by atoms with Gasteiger partial charge in [-0.05, 0) is 72.0 Å². The molecule has 3 amide bonds. The minimum atomic E-state index is -0.989. The summed E-state index contributed by atoms with van der Waals surface area (Å²) in [6.45, 7) is 13.0. The second kappa shape index (κ2) is 19.1. The summed E-state index contributed by atoms with van der Waals surface area (Å²) in [5.41, 5.74) is 2.89. The van der Waals surface area contributed by atoms with Crippen LogP contribution in [0.2, 0.25) is 5.54 Å².